The summed E-state index contributed by atoms with van der Waals surface area (Å²) in [5.74, 6) is -9.88. The number of alkyl carbamates (subject to hydrolysis) is 1. The number of aliphatic carboxylic acids is 2. The number of alkyl halides is 2. The van der Waals surface area contributed by atoms with Crippen LogP contribution in [-0.4, -0.2) is 228 Å². The summed E-state index contributed by atoms with van der Waals surface area (Å²) in [6, 6.07) is 7.25. The van der Waals surface area contributed by atoms with Gasteiger partial charge >= 0.3 is 24.0 Å². The average Bonchev–Trinajstić information content (AvgIpc) is 1.56. The number of carboxylic acid groups (broad SMARTS) is 2. The first kappa shape index (κ1) is 93.2. The molecule has 10 rings (SSSR count). The zero-order valence-corrected chi connectivity index (χ0v) is 72.3. The molecule has 6 aromatic rings. The lowest BCUT2D eigenvalue weighted by molar-refractivity contribution is -0.142. The number of fused-ring (bicyclic) bond motifs is 6. The summed E-state index contributed by atoms with van der Waals surface area (Å²) >= 11 is 16.3. The van der Waals surface area contributed by atoms with Crippen LogP contribution in [0.25, 0.3) is 28.9 Å². The van der Waals surface area contributed by atoms with Crippen molar-refractivity contribution in [3.05, 3.63) is 132 Å². The highest BCUT2D eigenvalue weighted by molar-refractivity contribution is 8.76. The number of ketones is 2. The van der Waals surface area contributed by atoms with Crippen LogP contribution in [0.4, 0.5) is 22.1 Å². The Labute approximate surface area is 725 Å². The fourth-order valence-corrected chi connectivity index (χ4v) is 17.9. The number of hydrogen-bond donors (Lipinski definition) is 15. The Kier molecular flexibility index (Phi) is 33.3. The van der Waals surface area contributed by atoms with E-state index in [-0.39, 0.29) is 122 Å². The number of esters is 1. The molecule has 3 unspecified atom stereocenters. The van der Waals surface area contributed by atoms with Gasteiger partial charge < -0.3 is 82.8 Å². The van der Waals surface area contributed by atoms with E-state index in [4.69, 9.17) is 48.4 Å². The van der Waals surface area contributed by atoms with Crippen LogP contribution in [0.5, 0.6) is 0 Å². The van der Waals surface area contributed by atoms with Gasteiger partial charge in [-0.1, -0.05) is 60.9 Å². The van der Waals surface area contributed by atoms with E-state index < -0.39 is 126 Å². The van der Waals surface area contributed by atoms with E-state index >= 15 is 0 Å². The number of amides is 7. The van der Waals surface area contributed by atoms with Gasteiger partial charge in [0.05, 0.1) is 54.7 Å². The molecule has 15 N–H and O–H groups in total. The summed E-state index contributed by atoms with van der Waals surface area (Å²) in [5.41, 5.74) is 13.6. The number of hydrogen-bond acceptors (Lipinski definition) is 26. The van der Waals surface area contributed by atoms with Gasteiger partial charge in [-0.15, -0.1) is 23.2 Å². The van der Waals surface area contributed by atoms with Crippen LogP contribution in [0.1, 0.15) is 137 Å². The maximum Gasteiger partial charge on any atom is 0.407 e. The van der Waals surface area contributed by atoms with Gasteiger partial charge in [0, 0.05) is 161 Å². The molecule has 7 heterocycles. The van der Waals surface area contributed by atoms with Crippen molar-refractivity contribution in [1.29, 1.82) is 0 Å². The van der Waals surface area contributed by atoms with E-state index in [9.17, 15) is 72.5 Å². The third-order valence-electron chi connectivity index (χ3n) is 21.8. The number of halogens is 2. The number of methoxy groups -OCH3 is 1. The monoisotopic (exact) mass is 1770 g/mol. The highest BCUT2D eigenvalue weighted by atomic mass is 35.5. The molecular formula is C82H100Cl2N18O17S3. The van der Waals surface area contributed by atoms with Crippen molar-refractivity contribution in [2.24, 2.45) is 39.6 Å². The van der Waals surface area contributed by atoms with Crippen LogP contribution in [0, 0.1) is 43.4 Å². The van der Waals surface area contributed by atoms with Crippen LogP contribution < -0.4 is 69.4 Å². The highest BCUT2D eigenvalue weighted by Crippen LogP contribution is 2.49. The Bertz CT molecular complexity index is 5250. The summed E-state index contributed by atoms with van der Waals surface area (Å²) in [6.45, 7) is 12.5. The predicted molar refractivity (Wildman–Crippen MR) is 468 cm³/mol. The number of aromatic amines is 3. The molecule has 0 saturated carbocycles. The van der Waals surface area contributed by atoms with Crippen molar-refractivity contribution in [2.45, 2.75) is 136 Å². The van der Waals surface area contributed by atoms with Crippen LogP contribution >= 0.6 is 57.4 Å². The van der Waals surface area contributed by atoms with Gasteiger partial charge in [-0.3, -0.25) is 62.9 Å². The third-order valence-corrected chi connectivity index (χ3v) is 24.7. The summed E-state index contributed by atoms with van der Waals surface area (Å²) in [4.78, 5) is 208. The number of aromatic nitrogens is 6. The zero-order valence-electron chi connectivity index (χ0n) is 68.3. The number of benzene rings is 2. The molecule has 0 spiro atoms. The van der Waals surface area contributed by atoms with Gasteiger partial charge in [0.1, 0.15) is 36.7 Å². The second kappa shape index (κ2) is 43.6. The van der Waals surface area contributed by atoms with Crippen molar-refractivity contribution < 1.29 is 77.2 Å². The number of H-pyrrole nitrogens is 3. The molecule has 7 amide bonds. The molecule has 3 aliphatic heterocycles. The number of rotatable bonds is 42. The van der Waals surface area contributed by atoms with Crippen molar-refractivity contribution in [3.63, 3.8) is 0 Å². The Morgan fingerprint density at radius 2 is 1.46 bits per heavy atom. The summed E-state index contributed by atoms with van der Waals surface area (Å²) in [7, 11) is 3.34. The van der Waals surface area contributed by atoms with Crippen LogP contribution in [0.15, 0.2) is 75.2 Å². The van der Waals surface area contributed by atoms with Crippen molar-refractivity contribution in [1.82, 2.24) is 67.1 Å². The van der Waals surface area contributed by atoms with Gasteiger partial charge in [0.25, 0.3) is 11.5 Å². The minimum atomic E-state index is -1.64. The molecule has 8 bridgehead atoms. The Balaban J connectivity index is 0.716. The summed E-state index contributed by atoms with van der Waals surface area (Å²) in [5, 5.41) is 42.5. The van der Waals surface area contributed by atoms with Gasteiger partial charge in [0.2, 0.25) is 35.5 Å². The van der Waals surface area contributed by atoms with Crippen LogP contribution in [0.3, 0.4) is 0 Å². The minimum absolute atomic E-state index is 0.0163. The van der Waals surface area contributed by atoms with Crippen LogP contribution in [-0.2, 0) is 67.2 Å². The molecular weight excluding hydrogens is 1680 g/mol. The number of aliphatic imine (C=N–C) groups is 2. The predicted octanol–water partition coefficient (Wildman–Crippen LogP) is 4.65. The zero-order chi connectivity index (χ0) is 88.2. The molecule has 40 heteroatoms. The number of carboxylic acids is 2. The number of nitrogen functional groups attached to an aromatic ring is 1. The Hall–Kier alpha value is -11.1. The first-order valence-corrected chi connectivity index (χ1v) is 44.1. The SMILES string of the molecule is CC[C@H]1C2Cc3[nH]c4c(c3C)C(=O)C(C(=O)OC)/C4=C3N=C(/C=c4\[nH]/c(c(C(C)=O)c4C)=C\C(=N2)[C@@H]1C)[C@@H](C)[C@@H]/3CCCC(=O)NC(Cc1ccc(N(CCCl)CCCl)cc1)C(=O)NCCNC(=O)OCCSSC[C@H](NC(=O)[C@H](CC(=O)NCCS)NC(=O)CC[C@H](NC(=O)c1ccc(NCc2cnc3nc(N)[nH]c(=O)c3n2)cc1)C(=O)O)C(=O)O. The number of anilines is 3. The van der Waals surface area contributed by atoms with Gasteiger partial charge in [-0.2, -0.15) is 17.6 Å². The van der Waals surface area contributed by atoms with Crippen molar-refractivity contribution >= 4 is 186 Å². The number of carbonyl (C=O) groups is 12. The second-order valence-corrected chi connectivity index (χ2v) is 33.7. The summed E-state index contributed by atoms with van der Waals surface area (Å²) < 4.78 is 10.7. The number of nitrogens with one attached hydrogen (secondary N) is 11. The lowest BCUT2D eigenvalue weighted by atomic mass is 9.83. The molecule has 2 aromatic carbocycles. The van der Waals surface area contributed by atoms with E-state index in [2.05, 4.69) is 98.9 Å². The molecule has 0 radical (unpaired) electrons. The maximum atomic E-state index is 14.8. The van der Waals surface area contributed by atoms with E-state index in [1.807, 2.05) is 62.1 Å². The highest BCUT2D eigenvalue weighted by Gasteiger charge is 2.49. The number of carbonyl (C=O) groups excluding carboxylic acids is 10. The van der Waals surface area contributed by atoms with Gasteiger partial charge in [-0.25, -0.2) is 24.4 Å². The number of nitrogens with two attached hydrogens (primary N) is 1. The third kappa shape index (κ3) is 23.6. The molecule has 1 aliphatic carbocycles. The normalized spacial score (nSPS) is 19.0. The fourth-order valence-electron chi connectivity index (χ4n) is 15.4. The molecule has 0 saturated heterocycles. The average molecular weight is 1780 g/mol. The summed E-state index contributed by atoms with van der Waals surface area (Å²) in [6.07, 6.45) is 4.69. The molecule has 122 heavy (non-hydrogen) atoms. The van der Waals surface area contributed by atoms with E-state index in [1.54, 1.807) is 0 Å². The lowest BCUT2D eigenvalue weighted by Gasteiger charge is -2.24. The topological polar surface area (TPSA) is 517 Å². The maximum absolute atomic E-state index is 14.8. The number of nitrogens with zero attached hydrogens (tertiary/aromatic N) is 6. The number of ether oxygens (including phenoxy) is 2. The van der Waals surface area contributed by atoms with Gasteiger partial charge in [0.15, 0.2) is 22.7 Å². The van der Waals surface area contributed by atoms with Crippen molar-refractivity contribution in [2.75, 3.05) is 91.4 Å². The second-order valence-electron chi connectivity index (χ2n) is 29.8. The molecule has 35 nitrogen and oxygen atoms in total. The van der Waals surface area contributed by atoms with Crippen LogP contribution in [0.2, 0.25) is 0 Å². The first-order chi connectivity index (χ1) is 58.4. The smallest absolute Gasteiger partial charge is 0.407 e. The van der Waals surface area contributed by atoms with Gasteiger partial charge in [-0.05, 0) is 111 Å². The lowest BCUT2D eigenvalue weighted by Crippen LogP contribution is -2.54. The fraction of sp³-hybridized carbons (Fsp3) is 0.463. The minimum Gasteiger partial charge on any atom is -0.480 e. The first-order valence-electron chi connectivity index (χ1n) is 39.9. The molecule has 10 atom stereocenters. The molecule has 4 aliphatic rings. The van der Waals surface area contributed by atoms with E-state index in [1.165, 1.54) is 44.5 Å². The molecule has 652 valence electrons. The largest absolute Gasteiger partial charge is 0.480 e. The molecule has 0 fully saturated rings. The number of allylic oxidation sites excluding steroid dienone is 1. The molecule has 4 aromatic heterocycles. The Morgan fingerprint density at radius 3 is 2.14 bits per heavy atom. The number of Topliss-reactive ketones (excluding diaryl/α,β-unsaturated/α-hetero) is 2. The van der Waals surface area contributed by atoms with E-state index in [0.29, 0.717) is 105 Å². The standard InChI is InChI=1S/C82H100Cl2N18O17S3/c1-8-50-40(2)53-35-58-65(44(6)103)42(4)55(93-58)33-54-41(3)51(69(96-54)67-68(80(116)118-7)72(107)66-43(5)56(97-70(66)67)34-57(50)92-53)10-9-11-62(104)94-59(32-45-12-18-49(19-13-45)102(27-22-83)28-23-84)75(109)87-24-25-88-82(117)119-29-31-121-122-39-61(79(114)115)99-76(110)60(36-64(106)86-26-30-120)95-63(105)21-20-52(78(112)113)98-74(108)46-14-16-47(17-15-46)89-37-48-38-90-73-71(91-48)77(111)101-81(85)100-73/h12-19,33,35,38,40-41,50-52,57,59-61,68,89,93,97,120H,8-11,20-32,34,36-37,39H2,1-7H3,(H,86,106)(H,87,109)(H,88,117)(H,94,104)(H,95,105)(H,98,108)(H,99,110)(H,112,113)(H,114,115)(H3,85,90,100,101,111)/b55-33-,58-35-,69-67-/t40-,41+,50-,51+,52+,57?,59?,60+,61+,68?/m1/s1. The Morgan fingerprint density at radius 1 is 0.762 bits per heavy atom. The van der Waals surface area contributed by atoms with Crippen molar-refractivity contribution in [3.8, 4) is 0 Å². The van der Waals surface area contributed by atoms with E-state index in [0.717, 1.165) is 50.7 Å². The quantitative estimate of drug-likeness (QED) is 0.00471. The number of thiol groups is 1.